The molecule has 8 heteroatoms. The molecule has 0 radical (unpaired) electrons. The van der Waals surface area contributed by atoms with Crippen molar-refractivity contribution in [1.82, 2.24) is 19.7 Å². The monoisotopic (exact) mass is 430 g/mol. The van der Waals surface area contributed by atoms with Crippen LogP contribution in [0.15, 0.2) is 30.5 Å². The van der Waals surface area contributed by atoms with Gasteiger partial charge in [0.25, 0.3) is 0 Å². The van der Waals surface area contributed by atoms with Gasteiger partial charge in [0, 0.05) is 30.3 Å². The van der Waals surface area contributed by atoms with Crippen molar-refractivity contribution in [2.75, 3.05) is 25.1 Å². The van der Waals surface area contributed by atoms with E-state index in [0.717, 1.165) is 46.7 Å². The van der Waals surface area contributed by atoms with Crippen LogP contribution in [0.2, 0.25) is 0 Å². The van der Waals surface area contributed by atoms with E-state index in [1.807, 2.05) is 32.2 Å². The Morgan fingerprint density at radius 3 is 2.78 bits per heavy atom. The van der Waals surface area contributed by atoms with Gasteiger partial charge in [0.05, 0.1) is 48.3 Å². The zero-order valence-corrected chi connectivity index (χ0v) is 18.5. The number of nitrogens with zero attached hydrogens (tertiary/aromatic N) is 5. The standard InChI is InChI=1S/C24H26N6O2/c1-23(12-31)6-4-17-16(11-25)8-15(9-18(17)23)19-5-7-26-22(27-19)28-21-10-20(29-30(21)3)24(2)13-32-14-24/h5,7-10,31H,4,6,12-14H2,1-3H3,(H,26,27,28). The van der Waals surface area contributed by atoms with Crippen LogP contribution in [0.1, 0.15) is 42.7 Å². The third-order valence-electron chi connectivity index (χ3n) is 6.83. The van der Waals surface area contributed by atoms with Gasteiger partial charge in [-0.2, -0.15) is 10.4 Å². The summed E-state index contributed by atoms with van der Waals surface area (Å²) in [5.74, 6) is 1.25. The molecule has 1 saturated heterocycles. The first kappa shape index (κ1) is 20.6. The Balaban J connectivity index is 1.48. The van der Waals surface area contributed by atoms with E-state index in [1.165, 1.54) is 0 Å². The third-order valence-corrected chi connectivity index (χ3v) is 6.83. The Bertz CT molecular complexity index is 1240. The maximum Gasteiger partial charge on any atom is 0.228 e. The molecule has 1 fully saturated rings. The molecular weight excluding hydrogens is 404 g/mol. The maximum absolute atomic E-state index is 9.98. The SMILES string of the molecule is Cn1nc(C2(C)COC2)cc1Nc1nccc(-c2cc(C#N)c3c(c2)C(C)(CO)CC3)n1. The third kappa shape index (κ3) is 3.25. The highest BCUT2D eigenvalue weighted by atomic mass is 16.5. The number of ether oxygens (including phenoxy) is 1. The quantitative estimate of drug-likeness (QED) is 0.640. The molecule has 8 nitrogen and oxygen atoms in total. The molecule has 2 aliphatic rings. The minimum absolute atomic E-state index is 0.0533. The van der Waals surface area contributed by atoms with Gasteiger partial charge in [-0.05, 0) is 49.1 Å². The van der Waals surface area contributed by atoms with Gasteiger partial charge in [-0.3, -0.25) is 4.68 Å². The predicted octanol–water partition coefficient (Wildman–Crippen LogP) is 2.98. The number of rotatable bonds is 5. The highest BCUT2D eigenvalue weighted by molar-refractivity contribution is 5.68. The van der Waals surface area contributed by atoms with Crippen LogP contribution in [-0.2, 0) is 29.0 Å². The minimum atomic E-state index is -0.336. The highest BCUT2D eigenvalue weighted by Crippen LogP contribution is 2.42. The second kappa shape index (κ2) is 7.40. The summed E-state index contributed by atoms with van der Waals surface area (Å²) >= 11 is 0. The molecule has 164 valence electrons. The molecule has 2 N–H and O–H groups in total. The number of anilines is 2. The first-order valence-electron chi connectivity index (χ1n) is 10.8. The summed E-state index contributed by atoms with van der Waals surface area (Å²) in [6, 6.07) is 10.1. The van der Waals surface area contributed by atoms with E-state index in [4.69, 9.17) is 9.72 Å². The van der Waals surface area contributed by atoms with Gasteiger partial charge < -0.3 is 15.2 Å². The maximum atomic E-state index is 9.98. The Morgan fingerprint density at radius 1 is 1.28 bits per heavy atom. The van der Waals surface area contributed by atoms with Gasteiger partial charge in [-0.25, -0.2) is 9.97 Å². The number of benzene rings is 1. The number of hydrogen-bond acceptors (Lipinski definition) is 7. The number of nitrogens with one attached hydrogen (secondary N) is 1. The lowest BCUT2D eigenvalue weighted by molar-refractivity contribution is -0.0522. The van der Waals surface area contributed by atoms with E-state index in [2.05, 4.69) is 34.5 Å². The van der Waals surface area contributed by atoms with Gasteiger partial charge in [-0.1, -0.05) is 6.92 Å². The fraction of sp³-hybridized carbons (Fsp3) is 0.417. The van der Waals surface area contributed by atoms with Crippen molar-refractivity contribution in [3.8, 4) is 17.3 Å². The van der Waals surface area contributed by atoms with Crippen LogP contribution >= 0.6 is 0 Å². The van der Waals surface area contributed by atoms with Crippen molar-refractivity contribution < 1.29 is 9.84 Å². The Kier molecular flexibility index (Phi) is 4.77. The average Bonchev–Trinajstić information content (AvgIpc) is 3.32. The molecule has 2 aromatic heterocycles. The molecule has 1 aliphatic carbocycles. The fourth-order valence-electron chi connectivity index (χ4n) is 4.56. The summed E-state index contributed by atoms with van der Waals surface area (Å²) < 4.78 is 7.15. The number of fused-ring (bicyclic) bond motifs is 1. The van der Waals surface area contributed by atoms with Gasteiger partial charge in [0.2, 0.25) is 5.95 Å². The average molecular weight is 431 g/mol. The van der Waals surface area contributed by atoms with Crippen molar-refractivity contribution in [1.29, 1.82) is 5.26 Å². The molecule has 5 rings (SSSR count). The number of aromatic nitrogens is 4. The van der Waals surface area contributed by atoms with E-state index in [9.17, 15) is 10.4 Å². The smallest absolute Gasteiger partial charge is 0.228 e. The molecule has 0 bridgehead atoms. The highest BCUT2D eigenvalue weighted by Gasteiger charge is 2.38. The summed E-state index contributed by atoms with van der Waals surface area (Å²) in [6.45, 7) is 5.58. The van der Waals surface area contributed by atoms with Crippen LogP contribution in [-0.4, -0.2) is 44.7 Å². The second-order valence-corrected chi connectivity index (χ2v) is 9.36. The summed E-state index contributed by atoms with van der Waals surface area (Å²) in [5, 5.41) is 27.6. The topological polar surface area (TPSA) is 109 Å². The first-order chi connectivity index (χ1) is 15.3. The summed E-state index contributed by atoms with van der Waals surface area (Å²) in [6.07, 6.45) is 3.34. The lowest BCUT2D eigenvalue weighted by atomic mass is 9.83. The second-order valence-electron chi connectivity index (χ2n) is 9.36. The van der Waals surface area contributed by atoms with Crippen molar-refractivity contribution in [2.24, 2.45) is 7.05 Å². The molecule has 0 spiro atoms. The zero-order chi connectivity index (χ0) is 22.5. The van der Waals surface area contributed by atoms with E-state index < -0.39 is 0 Å². The van der Waals surface area contributed by atoms with Gasteiger partial charge in [0.15, 0.2) is 0 Å². The van der Waals surface area contributed by atoms with E-state index >= 15 is 0 Å². The summed E-state index contributed by atoms with van der Waals surface area (Å²) in [4.78, 5) is 9.07. The lowest BCUT2D eigenvalue weighted by Crippen LogP contribution is -2.44. The van der Waals surface area contributed by atoms with Crippen LogP contribution < -0.4 is 5.32 Å². The van der Waals surface area contributed by atoms with E-state index in [1.54, 1.807) is 10.9 Å². The lowest BCUT2D eigenvalue weighted by Gasteiger charge is -2.36. The van der Waals surface area contributed by atoms with Crippen LogP contribution in [0, 0.1) is 11.3 Å². The van der Waals surface area contributed by atoms with Gasteiger partial charge >= 0.3 is 0 Å². The molecule has 1 atom stereocenters. The molecule has 1 unspecified atom stereocenters. The molecule has 1 aliphatic heterocycles. The van der Waals surface area contributed by atoms with E-state index in [0.29, 0.717) is 24.7 Å². The first-order valence-corrected chi connectivity index (χ1v) is 10.8. The number of aliphatic hydroxyl groups excluding tert-OH is 1. The fourth-order valence-corrected chi connectivity index (χ4v) is 4.56. The van der Waals surface area contributed by atoms with Crippen LogP contribution in [0.3, 0.4) is 0 Å². The summed E-state index contributed by atoms with van der Waals surface area (Å²) in [7, 11) is 1.88. The van der Waals surface area contributed by atoms with E-state index in [-0.39, 0.29) is 17.4 Å². The zero-order valence-electron chi connectivity index (χ0n) is 18.5. The number of aliphatic hydroxyl groups is 1. The predicted molar refractivity (Wildman–Crippen MR) is 120 cm³/mol. The molecule has 0 amide bonds. The molecular formula is C24H26N6O2. The molecule has 3 aromatic rings. The molecule has 3 heterocycles. The van der Waals surface area contributed by atoms with Crippen molar-refractivity contribution in [3.05, 3.63) is 52.8 Å². The van der Waals surface area contributed by atoms with Crippen molar-refractivity contribution >= 4 is 11.8 Å². The van der Waals surface area contributed by atoms with Gasteiger partial charge in [-0.15, -0.1) is 0 Å². The van der Waals surface area contributed by atoms with Crippen LogP contribution in [0.25, 0.3) is 11.3 Å². The van der Waals surface area contributed by atoms with Crippen LogP contribution in [0.5, 0.6) is 0 Å². The summed E-state index contributed by atoms with van der Waals surface area (Å²) in [5.41, 5.74) is 4.87. The van der Waals surface area contributed by atoms with Crippen molar-refractivity contribution in [3.63, 3.8) is 0 Å². The number of aryl methyl sites for hydroxylation is 1. The minimum Gasteiger partial charge on any atom is -0.395 e. The Labute approximate surface area is 186 Å². The molecule has 32 heavy (non-hydrogen) atoms. The van der Waals surface area contributed by atoms with Gasteiger partial charge in [0.1, 0.15) is 5.82 Å². The van der Waals surface area contributed by atoms with Crippen LogP contribution in [0.4, 0.5) is 11.8 Å². The number of nitriles is 1. The normalized spacial score (nSPS) is 21.0. The largest absolute Gasteiger partial charge is 0.395 e. The molecule has 0 saturated carbocycles. The number of hydrogen-bond donors (Lipinski definition) is 2. The molecule has 1 aromatic carbocycles. The van der Waals surface area contributed by atoms with Crippen molar-refractivity contribution in [2.45, 2.75) is 37.5 Å². The Hall–Kier alpha value is -3.28. The Morgan fingerprint density at radius 2 is 2.09 bits per heavy atom.